The van der Waals surface area contributed by atoms with Crippen molar-refractivity contribution in [1.82, 2.24) is 20.4 Å². The van der Waals surface area contributed by atoms with Gasteiger partial charge >= 0.3 is 12.0 Å². The number of rotatable bonds is 6. The molecular weight excluding hydrogens is 248 g/mol. The summed E-state index contributed by atoms with van der Waals surface area (Å²) in [6.45, 7) is 3.94. The van der Waals surface area contributed by atoms with Crippen molar-refractivity contribution in [2.45, 2.75) is 32.9 Å². The summed E-state index contributed by atoms with van der Waals surface area (Å²) in [6.07, 6.45) is 2.45. The molecule has 2 atom stereocenters. The van der Waals surface area contributed by atoms with Crippen LogP contribution in [0.25, 0.3) is 0 Å². The molecule has 7 nitrogen and oxygen atoms in total. The molecule has 0 bridgehead atoms. The van der Waals surface area contributed by atoms with Gasteiger partial charge in [-0.15, -0.1) is 0 Å². The van der Waals surface area contributed by atoms with E-state index in [0.717, 1.165) is 0 Å². The van der Waals surface area contributed by atoms with Crippen molar-refractivity contribution >= 4 is 12.0 Å². The summed E-state index contributed by atoms with van der Waals surface area (Å²) in [5, 5.41) is 18.2. The first-order valence-corrected chi connectivity index (χ1v) is 6.19. The summed E-state index contributed by atoms with van der Waals surface area (Å²) in [4.78, 5) is 22.7. The molecule has 1 rings (SSSR count). The molecule has 0 saturated carbocycles. The predicted molar refractivity (Wildman–Crippen MR) is 69.5 cm³/mol. The van der Waals surface area contributed by atoms with E-state index >= 15 is 0 Å². The van der Waals surface area contributed by atoms with Crippen molar-refractivity contribution in [2.75, 3.05) is 0 Å². The van der Waals surface area contributed by atoms with E-state index in [1.54, 1.807) is 30.9 Å². The topological polar surface area (TPSA) is 96.3 Å². The zero-order valence-corrected chi connectivity index (χ0v) is 11.4. The van der Waals surface area contributed by atoms with Gasteiger partial charge in [-0.1, -0.05) is 20.3 Å². The van der Waals surface area contributed by atoms with Crippen LogP contribution >= 0.6 is 0 Å². The highest BCUT2D eigenvalue weighted by Crippen LogP contribution is 2.07. The number of aromatic nitrogens is 2. The minimum Gasteiger partial charge on any atom is -0.480 e. The van der Waals surface area contributed by atoms with E-state index in [0.29, 0.717) is 12.1 Å². The average Bonchev–Trinajstić information content (AvgIpc) is 2.78. The highest BCUT2D eigenvalue weighted by molar-refractivity contribution is 5.82. The summed E-state index contributed by atoms with van der Waals surface area (Å²) in [5.74, 6) is -1.15. The number of hydrogen-bond donors (Lipinski definition) is 3. The van der Waals surface area contributed by atoms with Crippen LogP contribution in [0.5, 0.6) is 0 Å². The molecular formula is C12H20N4O3. The van der Waals surface area contributed by atoms with Gasteiger partial charge in [0.05, 0.1) is 12.2 Å². The summed E-state index contributed by atoms with van der Waals surface area (Å²) < 4.78 is 1.63. The Labute approximate surface area is 112 Å². The van der Waals surface area contributed by atoms with E-state index in [1.165, 1.54) is 0 Å². The lowest BCUT2D eigenvalue weighted by atomic mass is 9.99. The highest BCUT2D eigenvalue weighted by Gasteiger charge is 2.25. The highest BCUT2D eigenvalue weighted by atomic mass is 16.4. The number of carboxylic acid groups (broad SMARTS) is 1. The normalized spacial score (nSPS) is 13.6. The van der Waals surface area contributed by atoms with Gasteiger partial charge in [-0.2, -0.15) is 5.10 Å². The molecule has 0 saturated heterocycles. The second-order valence-corrected chi connectivity index (χ2v) is 4.51. The average molecular weight is 268 g/mol. The molecule has 1 aromatic rings. The summed E-state index contributed by atoms with van der Waals surface area (Å²) in [7, 11) is 1.78. The molecule has 1 unspecified atom stereocenters. The third-order valence-electron chi connectivity index (χ3n) is 2.96. The standard InChI is InChI=1S/C12H20N4O3/c1-4-8(2)10(11(17)18)14-12(19)13-7-9-5-6-16(3)15-9/h5-6,8,10H,4,7H2,1-3H3,(H,17,18)(H2,13,14,19)/t8?,10-/m0/s1. The molecule has 0 aliphatic heterocycles. The van der Waals surface area contributed by atoms with Crippen LogP contribution in [-0.2, 0) is 18.4 Å². The minimum absolute atomic E-state index is 0.127. The summed E-state index contributed by atoms with van der Waals surface area (Å²) >= 11 is 0. The summed E-state index contributed by atoms with van der Waals surface area (Å²) in [6, 6.07) is 0.399. The van der Waals surface area contributed by atoms with Gasteiger partial charge in [0, 0.05) is 13.2 Å². The Bertz CT molecular complexity index is 444. The van der Waals surface area contributed by atoms with Crippen molar-refractivity contribution in [3.8, 4) is 0 Å². The number of aliphatic carboxylic acids is 1. The van der Waals surface area contributed by atoms with Gasteiger partial charge in [-0.05, 0) is 12.0 Å². The first-order chi connectivity index (χ1) is 8.93. The van der Waals surface area contributed by atoms with E-state index in [4.69, 9.17) is 5.11 Å². The van der Waals surface area contributed by atoms with Gasteiger partial charge in [0.2, 0.25) is 0 Å². The Morgan fingerprint density at radius 3 is 2.68 bits per heavy atom. The molecule has 0 fully saturated rings. The maximum Gasteiger partial charge on any atom is 0.326 e. The third-order valence-corrected chi connectivity index (χ3v) is 2.96. The van der Waals surface area contributed by atoms with Crippen molar-refractivity contribution in [3.63, 3.8) is 0 Å². The molecule has 3 N–H and O–H groups in total. The van der Waals surface area contributed by atoms with Crippen LogP contribution < -0.4 is 10.6 Å². The molecule has 0 aliphatic rings. The SMILES string of the molecule is CCC(C)[C@H](NC(=O)NCc1ccn(C)n1)C(=O)O. The van der Waals surface area contributed by atoms with E-state index < -0.39 is 18.0 Å². The molecule has 106 valence electrons. The molecule has 0 spiro atoms. The van der Waals surface area contributed by atoms with Crippen molar-refractivity contribution in [1.29, 1.82) is 0 Å². The fraction of sp³-hybridized carbons (Fsp3) is 0.583. The lowest BCUT2D eigenvalue weighted by molar-refractivity contribution is -0.140. The number of carbonyl (C=O) groups is 2. The zero-order valence-electron chi connectivity index (χ0n) is 11.4. The molecule has 1 heterocycles. The largest absolute Gasteiger partial charge is 0.480 e. The van der Waals surface area contributed by atoms with Crippen LogP contribution in [0.4, 0.5) is 4.79 Å². The van der Waals surface area contributed by atoms with E-state index in [2.05, 4.69) is 15.7 Å². The van der Waals surface area contributed by atoms with E-state index in [9.17, 15) is 9.59 Å². The first kappa shape index (κ1) is 15.0. The van der Waals surface area contributed by atoms with Crippen LogP contribution in [0, 0.1) is 5.92 Å². The van der Waals surface area contributed by atoms with Crippen LogP contribution in [0.3, 0.4) is 0 Å². The number of carboxylic acids is 1. The van der Waals surface area contributed by atoms with Crippen molar-refractivity contribution in [2.24, 2.45) is 13.0 Å². The van der Waals surface area contributed by atoms with Gasteiger partial charge in [-0.3, -0.25) is 4.68 Å². The molecule has 0 aliphatic carbocycles. The Morgan fingerprint density at radius 2 is 2.21 bits per heavy atom. The van der Waals surface area contributed by atoms with E-state index in [-0.39, 0.29) is 12.5 Å². The second-order valence-electron chi connectivity index (χ2n) is 4.51. The third kappa shape index (κ3) is 4.61. The van der Waals surface area contributed by atoms with Crippen molar-refractivity contribution < 1.29 is 14.7 Å². The van der Waals surface area contributed by atoms with Crippen molar-refractivity contribution in [3.05, 3.63) is 18.0 Å². The summed E-state index contributed by atoms with van der Waals surface area (Å²) in [5.41, 5.74) is 0.716. The van der Waals surface area contributed by atoms with Gasteiger partial charge in [0.15, 0.2) is 0 Å². The Kier molecular flexibility index (Phi) is 5.35. The van der Waals surface area contributed by atoms with Gasteiger partial charge in [0.25, 0.3) is 0 Å². The van der Waals surface area contributed by atoms with E-state index in [1.807, 2.05) is 6.92 Å². The quantitative estimate of drug-likeness (QED) is 0.708. The number of nitrogens with zero attached hydrogens (tertiary/aromatic N) is 2. The fourth-order valence-electron chi connectivity index (χ4n) is 1.60. The number of hydrogen-bond acceptors (Lipinski definition) is 3. The van der Waals surface area contributed by atoms with Crippen LogP contribution in [0.2, 0.25) is 0 Å². The number of nitrogens with one attached hydrogen (secondary N) is 2. The number of urea groups is 1. The maximum absolute atomic E-state index is 11.6. The second kappa shape index (κ2) is 6.77. The Balaban J connectivity index is 2.46. The molecule has 2 amide bonds. The predicted octanol–water partition coefficient (Wildman–Crippen LogP) is 0.719. The first-order valence-electron chi connectivity index (χ1n) is 6.19. The monoisotopic (exact) mass is 268 g/mol. The zero-order chi connectivity index (χ0) is 14.4. The molecule has 0 radical (unpaired) electrons. The van der Waals surface area contributed by atoms with Gasteiger partial charge in [-0.25, -0.2) is 9.59 Å². The molecule has 7 heteroatoms. The number of carbonyl (C=O) groups excluding carboxylic acids is 1. The maximum atomic E-state index is 11.6. The number of amides is 2. The smallest absolute Gasteiger partial charge is 0.326 e. The van der Waals surface area contributed by atoms with Crippen LogP contribution in [0.1, 0.15) is 26.0 Å². The molecule has 19 heavy (non-hydrogen) atoms. The van der Waals surface area contributed by atoms with Gasteiger partial charge in [0.1, 0.15) is 6.04 Å². The van der Waals surface area contributed by atoms with Crippen LogP contribution in [-0.4, -0.2) is 32.9 Å². The van der Waals surface area contributed by atoms with Gasteiger partial charge < -0.3 is 15.7 Å². The molecule has 1 aromatic heterocycles. The lowest BCUT2D eigenvalue weighted by Gasteiger charge is -2.20. The van der Waals surface area contributed by atoms with Crippen LogP contribution in [0.15, 0.2) is 12.3 Å². The minimum atomic E-state index is -1.03. The Morgan fingerprint density at radius 1 is 1.53 bits per heavy atom. The lowest BCUT2D eigenvalue weighted by Crippen LogP contribution is -2.48. The Hall–Kier alpha value is -2.05. The molecule has 0 aromatic carbocycles. The number of aryl methyl sites for hydroxylation is 1. The fourth-order valence-corrected chi connectivity index (χ4v) is 1.60.